The van der Waals surface area contributed by atoms with Crippen LogP contribution in [0.2, 0.25) is 0 Å². The number of hydrogen-bond donors (Lipinski definition) is 2. The van der Waals surface area contributed by atoms with Gasteiger partial charge in [-0.05, 0) is 32.9 Å². The lowest BCUT2D eigenvalue weighted by molar-refractivity contribution is 0.0923. The van der Waals surface area contributed by atoms with Crippen molar-refractivity contribution in [3.63, 3.8) is 0 Å². The second-order valence-corrected chi connectivity index (χ2v) is 3.64. The topological polar surface area (TPSA) is 62.2 Å². The zero-order chi connectivity index (χ0) is 11.4. The molecule has 2 N–H and O–H groups in total. The van der Waals surface area contributed by atoms with Crippen molar-refractivity contribution in [2.45, 2.75) is 26.9 Å². The second kappa shape index (κ2) is 4.89. The van der Waals surface area contributed by atoms with Gasteiger partial charge in [-0.15, -0.1) is 0 Å². The molecule has 0 bridgehead atoms. The Kier molecular flexibility index (Phi) is 3.80. The van der Waals surface area contributed by atoms with Crippen LogP contribution in [0.4, 0.5) is 0 Å². The highest BCUT2D eigenvalue weighted by Gasteiger charge is 2.09. The van der Waals surface area contributed by atoms with Gasteiger partial charge in [0.25, 0.3) is 5.91 Å². The Hall–Kier alpha value is -1.42. The summed E-state index contributed by atoms with van der Waals surface area (Å²) in [6.07, 6.45) is -0.535. The summed E-state index contributed by atoms with van der Waals surface area (Å²) in [4.78, 5) is 15.8. The van der Waals surface area contributed by atoms with Crippen LogP contribution in [0.3, 0.4) is 0 Å². The number of carbonyl (C=O) groups excluding carboxylic acids is 1. The zero-order valence-electron chi connectivity index (χ0n) is 9.24. The predicted octanol–water partition coefficient (Wildman–Crippen LogP) is 0.809. The summed E-state index contributed by atoms with van der Waals surface area (Å²) in [5, 5.41) is 11.7. The monoisotopic (exact) mass is 208 g/mol. The number of aryl methyl sites for hydroxylation is 2. The summed E-state index contributed by atoms with van der Waals surface area (Å²) in [6, 6.07) is 3.54. The number of amides is 1. The first-order chi connectivity index (χ1) is 7.00. The summed E-state index contributed by atoms with van der Waals surface area (Å²) in [6.45, 7) is 5.56. The fraction of sp³-hybridized carbons (Fsp3) is 0.455. The Morgan fingerprint density at radius 2 is 2.20 bits per heavy atom. The minimum atomic E-state index is -0.535. The van der Waals surface area contributed by atoms with Gasteiger partial charge in [0.2, 0.25) is 0 Å². The number of rotatable bonds is 3. The van der Waals surface area contributed by atoms with E-state index in [1.165, 1.54) is 0 Å². The molecule has 0 aliphatic carbocycles. The van der Waals surface area contributed by atoms with Crippen molar-refractivity contribution in [2.24, 2.45) is 0 Å². The Bertz CT molecular complexity index is 362. The number of carbonyl (C=O) groups is 1. The number of aliphatic hydroxyl groups excluding tert-OH is 1. The van der Waals surface area contributed by atoms with Crippen molar-refractivity contribution >= 4 is 5.91 Å². The van der Waals surface area contributed by atoms with Gasteiger partial charge in [0.1, 0.15) is 0 Å². The van der Waals surface area contributed by atoms with Gasteiger partial charge in [-0.3, -0.25) is 9.78 Å². The first kappa shape index (κ1) is 11.7. The van der Waals surface area contributed by atoms with Gasteiger partial charge in [0.05, 0.1) is 17.4 Å². The molecular weight excluding hydrogens is 192 g/mol. The van der Waals surface area contributed by atoms with Gasteiger partial charge < -0.3 is 10.4 Å². The highest BCUT2D eigenvalue weighted by Crippen LogP contribution is 2.05. The lowest BCUT2D eigenvalue weighted by atomic mass is 10.1. The molecule has 0 spiro atoms. The first-order valence-corrected chi connectivity index (χ1v) is 4.91. The molecule has 4 heteroatoms. The van der Waals surface area contributed by atoms with E-state index < -0.39 is 6.10 Å². The van der Waals surface area contributed by atoms with Crippen molar-refractivity contribution in [1.82, 2.24) is 10.3 Å². The van der Waals surface area contributed by atoms with Crippen LogP contribution in [-0.2, 0) is 0 Å². The van der Waals surface area contributed by atoms with Gasteiger partial charge in [-0.2, -0.15) is 0 Å². The average molecular weight is 208 g/mol. The molecule has 82 valence electrons. The summed E-state index contributed by atoms with van der Waals surface area (Å²) < 4.78 is 0. The molecule has 0 aromatic carbocycles. The van der Waals surface area contributed by atoms with E-state index in [1.54, 1.807) is 26.0 Å². The van der Waals surface area contributed by atoms with Crippen LogP contribution in [0.25, 0.3) is 0 Å². The molecule has 1 heterocycles. The van der Waals surface area contributed by atoms with E-state index in [1.807, 2.05) is 6.92 Å². The maximum Gasteiger partial charge on any atom is 0.253 e. The minimum absolute atomic E-state index is 0.194. The quantitative estimate of drug-likeness (QED) is 0.772. The number of aliphatic hydroxyl groups is 1. The molecule has 0 fully saturated rings. The van der Waals surface area contributed by atoms with Crippen LogP contribution in [0.15, 0.2) is 12.1 Å². The molecule has 0 radical (unpaired) electrons. The lowest BCUT2D eigenvalue weighted by Gasteiger charge is -2.08. The Balaban J connectivity index is 2.74. The van der Waals surface area contributed by atoms with Crippen molar-refractivity contribution in [3.8, 4) is 0 Å². The number of nitrogens with zero attached hydrogens (tertiary/aromatic N) is 1. The Morgan fingerprint density at radius 1 is 1.53 bits per heavy atom. The maximum atomic E-state index is 11.6. The van der Waals surface area contributed by atoms with E-state index in [0.717, 1.165) is 5.69 Å². The van der Waals surface area contributed by atoms with Crippen LogP contribution in [0.1, 0.15) is 28.7 Å². The number of nitrogens with one attached hydrogen (secondary N) is 1. The third-order valence-corrected chi connectivity index (χ3v) is 2.03. The lowest BCUT2D eigenvalue weighted by Crippen LogP contribution is -2.31. The van der Waals surface area contributed by atoms with Crippen LogP contribution in [0.5, 0.6) is 0 Å². The normalized spacial score (nSPS) is 12.3. The number of aromatic nitrogens is 1. The summed E-state index contributed by atoms with van der Waals surface area (Å²) in [5.74, 6) is -0.194. The van der Waals surface area contributed by atoms with Crippen molar-refractivity contribution in [3.05, 3.63) is 29.1 Å². The van der Waals surface area contributed by atoms with E-state index in [4.69, 9.17) is 5.11 Å². The third-order valence-electron chi connectivity index (χ3n) is 2.03. The van der Waals surface area contributed by atoms with E-state index in [0.29, 0.717) is 11.3 Å². The molecule has 0 saturated carbocycles. The predicted molar refractivity (Wildman–Crippen MR) is 57.7 cm³/mol. The van der Waals surface area contributed by atoms with Crippen molar-refractivity contribution < 1.29 is 9.90 Å². The van der Waals surface area contributed by atoms with E-state index >= 15 is 0 Å². The second-order valence-electron chi connectivity index (χ2n) is 3.64. The van der Waals surface area contributed by atoms with Crippen LogP contribution < -0.4 is 5.32 Å². The summed E-state index contributed by atoms with van der Waals surface area (Å²) in [5.41, 5.74) is 2.15. The molecule has 0 unspecified atom stereocenters. The van der Waals surface area contributed by atoms with Gasteiger partial charge in [0, 0.05) is 12.2 Å². The largest absolute Gasteiger partial charge is 0.392 e. The fourth-order valence-electron chi connectivity index (χ4n) is 1.26. The average Bonchev–Trinajstić information content (AvgIpc) is 2.14. The SMILES string of the molecule is Cc1ccc(C(=O)NC[C@H](C)O)c(C)n1. The molecular formula is C11H16N2O2. The Labute approximate surface area is 89.3 Å². The van der Waals surface area contributed by atoms with Crippen LogP contribution >= 0.6 is 0 Å². The van der Waals surface area contributed by atoms with Gasteiger partial charge in [-0.1, -0.05) is 0 Å². The molecule has 0 saturated heterocycles. The molecule has 1 aromatic rings. The molecule has 1 aromatic heterocycles. The number of hydrogen-bond acceptors (Lipinski definition) is 3. The van der Waals surface area contributed by atoms with Gasteiger partial charge in [0.15, 0.2) is 0 Å². The van der Waals surface area contributed by atoms with E-state index in [-0.39, 0.29) is 12.5 Å². The smallest absolute Gasteiger partial charge is 0.253 e. The standard InChI is InChI=1S/C11H16N2O2/c1-7-4-5-10(9(3)13-7)11(15)12-6-8(2)14/h4-5,8,14H,6H2,1-3H3,(H,12,15)/t8-/m0/s1. The van der Waals surface area contributed by atoms with Crippen molar-refractivity contribution in [2.75, 3.05) is 6.54 Å². The fourth-order valence-corrected chi connectivity index (χ4v) is 1.26. The Morgan fingerprint density at radius 3 is 2.73 bits per heavy atom. The minimum Gasteiger partial charge on any atom is -0.392 e. The highest BCUT2D eigenvalue weighted by atomic mass is 16.3. The molecule has 1 amide bonds. The van der Waals surface area contributed by atoms with Crippen molar-refractivity contribution in [1.29, 1.82) is 0 Å². The highest BCUT2D eigenvalue weighted by molar-refractivity contribution is 5.95. The summed E-state index contributed by atoms with van der Waals surface area (Å²) >= 11 is 0. The molecule has 0 aliphatic heterocycles. The molecule has 1 rings (SSSR count). The number of pyridine rings is 1. The molecule has 1 atom stereocenters. The van der Waals surface area contributed by atoms with E-state index in [9.17, 15) is 4.79 Å². The first-order valence-electron chi connectivity index (χ1n) is 4.91. The van der Waals surface area contributed by atoms with Crippen LogP contribution in [-0.4, -0.2) is 28.6 Å². The summed E-state index contributed by atoms with van der Waals surface area (Å²) in [7, 11) is 0. The van der Waals surface area contributed by atoms with Gasteiger partial charge in [-0.25, -0.2) is 0 Å². The maximum absolute atomic E-state index is 11.6. The molecule has 4 nitrogen and oxygen atoms in total. The molecule has 15 heavy (non-hydrogen) atoms. The zero-order valence-corrected chi connectivity index (χ0v) is 9.24. The third kappa shape index (κ3) is 3.32. The molecule has 0 aliphatic rings. The van der Waals surface area contributed by atoms with E-state index in [2.05, 4.69) is 10.3 Å². The van der Waals surface area contributed by atoms with Gasteiger partial charge >= 0.3 is 0 Å². The van der Waals surface area contributed by atoms with Crippen LogP contribution in [0, 0.1) is 13.8 Å².